The van der Waals surface area contributed by atoms with Crippen LogP contribution in [0.1, 0.15) is 31.4 Å². The highest BCUT2D eigenvalue weighted by Gasteiger charge is 2.24. The van der Waals surface area contributed by atoms with Crippen molar-refractivity contribution in [2.45, 2.75) is 31.8 Å². The third kappa shape index (κ3) is 6.45. The first-order valence-corrected chi connectivity index (χ1v) is 10.0. The summed E-state index contributed by atoms with van der Waals surface area (Å²) in [5.74, 6) is 0.311. The van der Waals surface area contributed by atoms with Crippen LogP contribution < -0.4 is 16.0 Å². The molecule has 2 aliphatic rings. The molecule has 1 saturated carbocycles. The van der Waals surface area contributed by atoms with Gasteiger partial charge in [-0.2, -0.15) is 0 Å². The minimum atomic E-state index is -0.242. The molecule has 0 aromatic heterocycles. The van der Waals surface area contributed by atoms with Crippen LogP contribution >= 0.6 is 0 Å². The number of amides is 1. The maximum atomic E-state index is 13.4. The first kappa shape index (κ1) is 20.5. The molecule has 1 aromatic carbocycles. The maximum absolute atomic E-state index is 13.4. The van der Waals surface area contributed by atoms with Crippen LogP contribution in [0.5, 0.6) is 0 Å². The fourth-order valence-electron chi connectivity index (χ4n) is 3.22. The molecule has 1 aliphatic heterocycles. The van der Waals surface area contributed by atoms with E-state index in [9.17, 15) is 9.18 Å². The predicted molar refractivity (Wildman–Crippen MR) is 107 cm³/mol. The molecule has 0 spiro atoms. The summed E-state index contributed by atoms with van der Waals surface area (Å²) in [4.78, 5) is 18.6. The van der Waals surface area contributed by atoms with E-state index in [4.69, 9.17) is 4.74 Å². The molecule has 3 rings (SSSR count). The van der Waals surface area contributed by atoms with Crippen molar-refractivity contribution in [2.75, 3.05) is 45.9 Å². The molecular formula is C20H30FN5O2. The number of aliphatic imine (C=N–C) groups is 1. The zero-order chi connectivity index (χ0) is 19.8. The Hall–Kier alpha value is -2.19. The molecule has 7 nitrogen and oxygen atoms in total. The Labute approximate surface area is 165 Å². The molecule has 1 saturated heterocycles. The maximum Gasteiger partial charge on any atom is 0.242 e. The summed E-state index contributed by atoms with van der Waals surface area (Å²) in [6.07, 6.45) is 2.12. The van der Waals surface area contributed by atoms with Gasteiger partial charge in [-0.25, -0.2) is 9.38 Å². The number of rotatable bonds is 8. The van der Waals surface area contributed by atoms with Crippen molar-refractivity contribution in [3.63, 3.8) is 0 Å². The van der Waals surface area contributed by atoms with E-state index in [0.717, 1.165) is 31.5 Å². The first-order chi connectivity index (χ1) is 13.7. The minimum Gasteiger partial charge on any atom is -0.379 e. The Balaban J connectivity index is 1.63. The fraction of sp³-hybridized carbons (Fsp3) is 0.600. The highest BCUT2D eigenvalue weighted by atomic mass is 19.1. The zero-order valence-electron chi connectivity index (χ0n) is 16.4. The predicted octanol–water partition coefficient (Wildman–Crippen LogP) is 1.03. The molecule has 2 fully saturated rings. The Morgan fingerprint density at radius 2 is 1.96 bits per heavy atom. The number of carbonyl (C=O) groups is 1. The van der Waals surface area contributed by atoms with Crippen molar-refractivity contribution in [1.82, 2.24) is 20.9 Å². The molecule has 1 amide bonds. The lowest BCUT2D eigenvalue weighted by Gasteiger charge is -2.35. The molecular weight excluding hydrogens is 361 g/mol. The van der Waals surface area contributed by atoms with Crippen LogP contribution in [0.2, 0.25) is 0 Å². The molecule has 8 heteroatoms. The highest BCUT2D eigenvalue weighted by Crippen LogP contribution is 2.21. The number of hydrogen-bond donors (Lipinski definition) is 3. The molecule has 0 radical (unpaired) electrons. The average molecular weight is 391 g/mol. The molecule has 3 N–H and O–H groups in total. The summed E-state index contributed by atoms with van der Waals surface area (Å²) in [7, 11) is 0. The number of halogens is 1. The van der Waals surface area contributed by atoms with Gasteiger partial charge in [-0.1, -0.05) is 12.1 Å². The Kier molecular flexibility index (Phi) is 7.62. The number of hydrogen-bond acceptors (Lipinski definition) is 4. The summed E-state index contributed by atoms with van der Waals surface area (Å²) in [6.45, 7) is 6.41. The van der Waals surface area contributed by atoms with Crippen LogP contribution in [0.25, 0.3) is 0 Å². The summed E-state index contributed by atoms with van der Waals surface area (Å²) in [5.41, 5.74) is 1.04. The Morgan fingerprint density at radius 3 is 2.61 bits per heavy atom. The number of morpholine rings is 1. The van der Waals surface area contributed by atoms with Gasteiger partial charge in [0.05, 0.1) is 19.3 Å². The van der Waals surface area contributed by atoms with E-state index >= 15 is 0 Å². The van der Waals surface area contributed by atoms with Gasteiger partial charge in [0, 0.05) is 32.2 Å². The van der Waals surface area contributed by atoms with Gasteiger partial charge in [0.2, 0.25) is 5.91 Å². The van der Waals surface area contributed by atoms with Gasteiger partial charge < -0.3 is 20.7 Å². The monoisotopic (exact) mass is 391 g/mol. The number of carbonyl (C=O) groups excluding carboxylic acids is 1. The van der Waals surface area contributed by atoms with Gasteiger partial charge in [-0.3, -0.25) is 9.69 Å². The van der Waals surface area contributed by atoms with Crippen molar-refractivity contribution >= 4 is 11.9 Å². The summed E-state index contributed by atoms with van der Waals surface area (Å²) < 4.78 is 18.8. The Morgan fingerprint density at radius 1 is 1.25 bits per heavy atom. The number of guanidine groups is 1. The standard InChI is InChI=1S/C20H30FN5O2/c1-2-22-20(24-14-19(27)25-17-7-8-17)23-13-18(26-9-11-28-12-10-26)15-3-5-16(21)6-4-15/h3-6,17-18H,2,7-14H2,1H3,(H,25,27)(H2,22,23,24). The van der Waals surface area contributed by atoms with Crippen LogP contribution in [0.15, 0.2) is 29.3 Å². The third-order valence-electron chi connectivity index (χ3n) is 4.87. The summed E-state index contributed by atoms with van der Waals surface area (Å²) in [6, 6.07) is 7.03. The van der Waals surface area contributed by atoms with E-state index in [1.165, 1.54) is 12.1 Å². The lowest BCUT2D eigenvalue weighted by atomic mass is 10.0. The van der Waals surface area contributed by atoms with Gasteiger partial charge >= 0.3 is 0 Å². The lowest BCUT2D eigenvalue weighted by molar-refractivity contribution is -0.119. The van der Waals surface area contributed by atoms with Crippen molar-refractivity contribution in [3.8, 4) is 0 Å². The fourth-order valence-corrected chi connectivity index (χ4v) is 3.22. The van der Waals surface area contributed by atoms with Crippen LogP contribution in [-0.2, 0) is 9.53 Å². The van der Waals surface area contributed by atoms with E-state index in [-0.39, 0.29) is 24.3 Å². The second-order valence-electron chi connectivity index (χ2n) is 7.13. The van der Waals surface area contributed by atoms with Gasteiger partial charge in [0.15, 0.2) is 5.96 Å². The first-order valence-electron chi connectivity index (χ1n) is 10.0. The second kappa shape index (κ2) is 10.4. The molecule has 1 unspecified atom stereocenters. The van der Waals surface area contributed by atoms with Crippen LogP contribution in [0, 0.1) is 5.82 Å². The molecule has 1 aromatic rings. The number of benzene rings is 1. The SMILES string of the molecule is CCNC(=NCC(=O)NC1CC1)NCC(c1ccc(F)cc1)N1CCOCC1. The van der Waals surface area contributed by atoms with E-state index in [1.807, 2.05) is 19.1 Å². The molecule has 1 heterocycles. The van der Waals surface area contributed by atoms with Crippen molar-refractivity contribution in [3.05, 3.63) is 35.6 Å². The normalized spacial score (nSPS) is 19.1. The summed E-state index contributed by atoms with van der Waals surface area (Å²) >= 11 is 0. The molecule has 28 heavy (non-hydrogen) atoms. The van der Waals surface area contributed by atoms with Gasteiger partial charge in [-0.15, -0.1) is 0 Å². The zero-order valence-corrected chi connectivity index (χ0v) is 16.4. The smallest absolute Gasteiger partial charge is 0.242 e. The van der Waals surface area contributed by atoms with Gasteiger partial charge in [-0.05, 0) is 37.5 Å². The van der Waals surface area contributed by atoms with Crippen molar-refractivity contribution in [2.24, 2.45) is 4.99 Å². The van der Waals surface area contributed by atoms with Crippen LogP contribution in [-0.4, -0.2) is 68.7 Å². The van der Waals surface area contributed by atoms with Crippen molar-refractivity contribution in [1.29, 1.82) is 0 Å². The molecule has 154 valence electrons. The minimum absolute atomic E-state index is 0.0528. The van der Waals surface area contributed by atoms with E-state index in [1.54, 1.807) is 0 Å². The van der Waals surface area contributed by atoms with Gasteiger partial charge in [0.25, 0.3) is 0 Å². The van der Waals surface area contributed by atoms with Gasteiger partial charge in [0.1, 0.15) is 12.4 Å². The molecule has 1 atom stereocenters. The third-order valence-corrected chi connectivity index (χ3v) is 4.87. The number of ether oxygens (including phenoxy) is 1. The van der Waals surface area contributed by atoms with Crippen molar-refractivity contribution < 1.29 is 13.9 Å². The molecule has 1 aliphatic carbocycles. The summed E-state index contributed by atoms with van der Waals surface area (Å²) in [5, 5.41) is 9.46. The van der Waals surface area contributed by atoms with Crippen LogP contribution in [0.4, 0.5) is 4.39 Å². The van der Waals surface area contributed by atoms with E-state index in [2.05, 4.69) is 25.8 Å². The molecule has 0 bridgehead atoms. The van der Waals surface area contributed by atoms with Crippen LogP contribution in [0.3, 0.4) is 0 Å². The van der Waals surface area contributed by atoms with E-state index < -0.39 is 0 Å². The van der Waals surface area contributed by atoms with E-state index in [0.29, 0.717) is 38.3 Å². The quantitative estimate of drug-likeness (QED) is 0.456. The largest absolute Gasteiger partial charge is 0.379 e. The lowest BCUT2D eigenvalue weighted by Crippen LogP contribution is -2.46. The number of nitrogens with zero attached hydrogens (tertiary/aromatic N) is 2. The Bertz CT molecular complexity index is 657. The highest BCUT2D eigenvalue weighted by molar-refractivity contribution is 5.85. The second-order valence-corrected chi connectivity index (χ2v) is 7.13. The number of nitrogens with one attached hydrogen (secondary N) is 3. The average Bonchev–Trinajstić information content (AvgIpc) is 3.52. The topological polar surface area (TPSA) is 78.0 Å².